The average Bonchev–Trinajstić information content (AvgIpc) is 3.44. The SMILES string of the molecule is NCC(Cn1ncn(Cc2ccc(-c3ccc4c(c3)COC(=O)N4)s2)c1=O)=C(F)F.O=C(O)C(F)(F)F. The minimum absolute atomic E-state index is 0.209. The van der Waals surface area contributed by atoms with E-state index in [-0.39, 0.29) is 31.8 Å². The van der Waals surface area contributed by atoms with Gasteiger partial charge in [-0.15, -0.1) is 11.3 Å². The van der Waals surface area contributed by atoms with Crippen LogP contribution in [0.15, 0.2) is 53.1 Å². The highest BCUT2D eigenvalue weighted by atomic mass is 32.1. The van der Waals surface area contributed by atoms with Gasteiger partial charge < -0.3 is 15.6 Å². The van der Waals surface area contributed by atoms with E-state index in [0.29, 0.717) is 0 Å². The highest BCUT2D eigenvalue weighted by Gasteiger charge is 2.38. The van der Waals surface area contributed by atoms with Crippen molar-refractivity contribution in [1.82, 2.24) is 14.3 Å². The predicted molar refractivity (Wildman–Crippen MR) is 121 cm³/mol. The number of benzene rings is 1. The molecule has 198 valence electrons. The Bertz CT molecular complexity index is 1390. The molecule has 0 saturated carbocycles. The summed E-state index contributed by atoms with van der Waals surface area (Å²) in [5.74, 6) is -2.76. The van der Waals surface area contributed by atoms with E-state index in [1.165, 1.54) is 22.2 Å². The fourth-order valence-electron chi connectivity index (χ4n) is 3.03. The minimum Gasteiger partial charge on any atom is -0.475 e. The molecular formula is C21H18F5N5O5S. The van der Waals surface area contributed by atoms with Crippen molar-refractivity contribution < 1.29 is 41.4 Å². The maximum Gasteiger partial charge on any atom is 0.490 e. The van der Waals surface area contributed by atoms with E-state index < -0.39 is 30.0 Å². The third-order valence-corrected chi connectivity index (χ3v) is 5.99. The molecule has 1 aliphatic rings. The lowest BCUT2D eigenvalue weighted by Crippen LogP contribution is -2.27. The van der Waals surface area contributed by atoms with Gasteiger partial charge in [-0.3, -0.25) is 9.88 Å². The zero-order valence-corrected chi connectivity index (χ0v) is 19.4. The number of carbonyl (C=O) groups excluding carboxylic acids is 1. The number of hydrogen-bond donors (Lipinski definition) is 3. The first-order valence-corrected chi connectivity index (χ1v) is 11.0. The zero-order valence-electron chi connectivity index (χ0n) is 18.6. The topological polar surface area (TPSA) is 141 Å². The van der Waals surface area contributed by atoms with Crippen LogP contribution in [0.5, 0.6) is 0 Å². The van der Waals surface area contributed by atoms with Gasteiger partial charge in [0.05, 0.1) is 18.8 Å². The number of alkyl halides is 3. The van der Waals surface area contributed by atoms with E-state index in [1.54, 1.807) is 0 Å². The monoisotopic (exact) mass is 547 g/mol. The summed E-state index contributed by atoms with van der Waals surface area (Å²) >= 11 is 1.50. The first kappa shape index (κ1) is 27.5. The number of aromatic nitrogens is 3. The van der Waals surface area contributed by atoms with E-state index in [0.717, 1.165) is 31.3 Å². The van der Waals surface area contributed by atoms with Crippen LogP contribution in [0.4, 0.5) is 32.4 Å². The van der Waals surface area contributed by atoms with Crippen LogP contribution in [-0.4, -0.2) is 44.2 Å². The van der Waals surface area contributed by atoms with Gasteiger partial charge in [0.2, 0.25) is 0 Å². The average molecular weight is 547 g/mol. The number of ether oxygens (including phenoxy) is 1. The summed E-state index contributed by atoms with van der Waals surface area (Å²) in [5.41, 5.74) is 7.05. The standard InChI is InChI=1S/C19H17F2N5O3S.C2HF3O2/c20-17(21)13(6-22)7-26-19(28)25(10-23-26)8-14-2-4-16(30-14)11-1-3-15-12(5-11)9-29-18(27)24-15;3-2(4,5)1(6)7/h1-5,10H,6-9,22H2,(H,24,27);(H,6,7). The van der Waals surface area contributed by atoms with Crippen molar-refractivity contribution in [3.05, 3.63) is 69.2 Å². The second kappa shape index (κ2) is 11.3. The second-order valence-corrected chi connectivity index (χ2v) is 8.58. The number of amides is 1. The Morgan fingerprint density at radius 3 is 2.54 bits per heavy atom. The largest absolute Gasteiger partial charge is 0.490 e. The number of thiophene rings is 1. The van der Waals surface area contributed by atoms with E-state index in [2.05, 4.69) is 10.4 Å². The van der Waals surface area contributed by atoms with Crippen LogP contribution in [0.1, 0.15) is 10.4 Å². The molecule has 0 spiro atoms. The van der Waals surface area contributed by atoms with Gasteiger partial charge in [0.25, 0.3) is 6.08 Å². The van der Waals surface area contributed by atoms with Gasteiger partial charge in [0, 0.05) is 27.4 Å². The Labute approximate surface area is 208 Å². The van der Waals surface area contributed by atoms with Gasteiger partial charge in [0.1, 0.15) is 12.9 Å². The number of rotatable bonds is 6. The normalized spacial score (nSPS) is 12.5. The third kappa shape index (κ3) is 7.01. The number of nitrogens with one attached hydrogen (secondary N) is 1. The van der Waals surface area contributed by atoms with Gasteiger partial charge in [-0.05, 0) is 29.8 Å². The summed E-state index contributed by atoms with van der Waals surface area (Å²) in [6.07, 6.45) is -6.12. The molecule has 3 heterocycles. The zero-order chi connectivity index (χ0) is 27.3. The quantitative estimate of drug-likeness (QED) is 0.400. The van der Waals surface area contributed by atoms with Crippen LogP contribution >= 0.6 is 11.3 Å². The predicted octanol–water partition coefficient (Wildman–Crippen LogP) is 3.63. The lowest BCUT2D eigenvalue weighted by atomic mass is 10.1. The number of carboxylic acid groups (broad SMARTS) is 1. The lowest BCUT2D eigenvalue weighted by molar-refractivity contribution is -0.192. The van der Waals surface area contributed by atoms with Crippen LogP contribution in [0, 0.1) is 0 Å². The Morgan fingerprint density at radius 1 is 1.22 bits per heavy atom. The van der Waals surface area contributed by atoms with Crippen molar-refractivity contribution in [2.75, 3.05) is 11.9 Å². The summed E-state index contributed by atoms with van der Waals surface area (Å²) in [4.78, 5) is 34.5. The first-order valence-electron chi connectivity index (χ1n) is 10.2. The molecule has 1 aliphatic heterocycles. The number of hydrogen-bond acceptors (Lipinski definition) is 7. The summed E-state index contributed by atoms with van der Waals surface area (Å²) in [5, 5.41) is 13.7. The highest BCUT2D eigenvalue weighted by molar-refractivity contribution is 7.15. The van der Waals surface area contributed by atoms with Gasteiger partial charge in [-0.1, -0.05) is 6.07 Å². The van der Waals surface area contributed by atoms with Crippen LogP contribution in [0.25, 0.3) is 10.4 Å². The summed E-state index contributed by atoms with van der Waals surface area (Å²) in [6.45, 7) is -0.201. The van der Waals surface area contributed by atoms with Crippen molar-refractivity contribution in [2.24, 2.45) is 5.73 Å². The third-order valence-electron chi connectivity index (χ3n) is 4.87. The molecule has 0 radical (unpaired) electrons. The van der Waals surface area contributed by atoms with Crippen molar-refractivity contribution >= 4 is 29.1 Å². The highest BCUT2D eigenvalue weighted by Crippen LogP contribution is 2.32. The van der Waals surface area contributed by atoms with E-state index in [1.807, 2.05) is 30.3 Å². The van der Waals surface area contributed by atoms with Crippen LogP contribution in [0.3, 0.4) is 0 Å². The number of nitrogens with two attached hydrogens (primary N) is 1. The van der Waals surface area contributed by atoms with Gasteiger partial charge in [0.15, 0.2) is 0 Å². The van der Waals surface area contributed by atoms with Gasteiger partial charge >= 0.3 is 23.9 Å². The second-order valence-electron chi connectivity index (χ2n) is 7.41. The number of carbonyl (C=O) groups is 2. The first-order chi connectivity index (χ1) is 17.4. The van der Waals surface area contributed by atoms with Crippen molar-refractivity contribution in [3.8, 4) is 10.4 Å². The van der Waals surface area contributed by atoms with Crippen LogP contribution < -0.4 is 16.7 Å². The molecule has 4 N–H and O–H groups in total. The molecule has 0 saturated heterocycles. The molecular weight excluding hydrogens is 529 g/mol. The molecule has 37 heavy (non-hydrogen) atoms. The molecule has 1 aromatic carbocycles. The molecule has 10 nitrogen and oxygen atoms in total. The number of carboxylic acids is 1. The fraction of sp³-hybridized carbons (Fsp3) is 0.238. The number of halogens is 5. The van der Waals surface area contributed by atoms with E-state index in [9.17, 15) is 31.5 Å². The molecule has 16 heteroatoms. The molecule has 0 bridgehead atoms. The molecule has 4 rings (SSSR count). The number of aliphatic carboxylic acids is 1. The van der Waals surface area contributed by atoms with Crippen molar-refractivity contribution in [3.63, 3.8) is 0 Å². The Hall–Kier alpha value is -4.05. The summed E-state index contributed by atoms with van der Waals surface area (Å²) in [6, 6.07) is 9.50. The van der Waals surface area contributed by atoms with E-state index in [4.69, 9.17) is 20.4 Å². The maximum atomic E-state index is 12.8. The maximum absolute atomic E-state index is 12.8. The van der Waals surface area contributed by atoms with Crippen LogP contribution in [0.2, 0.25) is 0 Å². The molecule has 3 aromatic rings. The Balaban J connectivity index is 0.000000479. The molecule has 0 aliphatic carbocycles. The summed E-state index contributed by atoms with van der Waals surface area (Å²) < 4.78 is 64.6. The molecule has 2 aromatic heterocycles. The Kier molecular flexibility index (Phi) is 8.44. The molecule has 0 atom stereocenters. The number of anilines is 1. The van der Waals surface area contributed by atoms with Gasteiger partial charge in [-0.2, -0.15) is 27.1 Å². The molecule has 1 amide bonds. The number of cyclic esters (lactones) is 1. The van der Waals surface area contributed by atoms with E-state index >= 15 is 0 Å². The minimum atomic E-state index is -5.08. The van der Waals surface area contributed by atoms with Crippen molar-refractivity contribution in [1.29, 1.82) is 0 Å². The number of nitrogens with zero attached hydrogens (tertiary/aromatic N) is 3. The van der Waals surface area contributed by atoms with Crippen molar-refractivity contribution in [2.45, 2.75) is 25.9 Å². The smallest absolute Gasteiger partial charge is 0.475 e. The fourth-order valence-corrected chi connectivity index (χ4v) is 4.04. The lowest BCUT2D eigenvalue weighted by Gasteiger charge is -2.17. The number of fused-ring (bicyclic) bond motifs is 1. The Morgan fingerprint density at radius 2 is 1.92 bits per heavy atom. The van der Waals surface area contributed by atoms with Gasteiger partial charge in [-0.25, -0.2) is 19.1 Å². The molecule has 0 fully saturated rings. The van der Waals surface area contributed by atoms with Crippen LogP contribution in [-0.2, 0) is 29.2 Å². The summed E-state index contributed by atoms with van der Waals surface area (Å²) in [7, 11) is 0. The molecule has 0 unspecified atom stereocenters.